The van der Waals surface area contributed by atoms with Gasteiger partial charge in [0.25, 0.3) is 0 Å². The van der Waals surface area contributed by atoms with Crippen LogP contribution in [-0.4, -0.2) is 19.6 Å². The molecule has 1 aromatic rings. The van der Waals surface area contributed by atoms with Crippen LogP contribution < -0.4 is 4.72 Å². The maximum atomic E-state index is 12.6. The smallest absolute Gasteiger partial charge is 0.242 e. The van der Waals surface area contributed by atoms with Crippen molar-refractivity contribution in [3.05, 3.63) is 15.8 Å². The van der Waals surface area contributed by atoms with E-state index in [2.05, 4.69) is 11.6 Å². The first-order valence-corrected chi connectivity index (χ1v) is 9.52. The molecule has 20 heavy (non-hydrogen) atoms. The van der Waals surface area contributed by atoms with Gasteiger partial charge in [-0.05, 0) is 36.6 Å². The number of rotatable bonds is 4. The van der Waals surface area contributed by atoms with Crippen LogP contribution in [0.2, 0.25) is 0 Å². The first kappa shape index (κ1) is 15.9. The van der Waals surface area contributed by atoms with E-state index in [1.54, 1.807) is 12.3 Å². The van der Waals surface area contributed by atoms with Gasteiger partial charge in [-0.3, -0.25) is 0 Å². The van der Waals surface area contributed by atoms with E-state index < -0.39 is 10.0 Å². The number of aryl methyl sites for hydroxylation is 1. The van der Waals surface area contributed by atoms with Crippen LogP contribution in [0.4, 0.5) is 0 Å². The van der Waals surface area contributed by atoms with Crippen molar-refractivity contribution >= 4 is 21.4 Å². The molecule has 114 valence electrons. The van der Waals surface area contributed by atoms with E-state index in [0.29, 0.717) is 16.4 Å². The van der Waals surface area contributed by atoms with Gasteiger partial charge in [0, 0.05) is 6.04 Å². The van der Waals surface area contributed by atoms with Crippen LogP contribution >= 0.6 is 11.3 Å². The number of aliphatic hydroxyl groups is 1. The van der Waals surface area contributed by atoms with Crippen LogP contribution in [0.15, 0.2) is 10.3 Å². The lowest BCUT2D eigenvalue weighted by Gasteiger charge is -2.23. The summed E-state index contributed by atoms with van der Waals surface area (Å²) in [6.07, 6.45) is 5.41. The fraction of sp³-hybridized carbons (Fsp3) is 0.714. The zero-order valence-corrected chi connectivity index (χ0v) is 13.7. The van der Waals surface area contributed by atoms with Crippen molar-refractivity contribution in [1.82, 2.24) is 4.72 Å². The molecule has 0 spiro atoms. The predicted molar refractivity (Wildman–Crippen MR) is 81.3 cm³/mol. The fourth-order valence-corrected chi connectivity index (χ4v) is 5.92. The summed E-state index contributed by atoms with van der Waals surface area (Å²) in [4.78, 5) is 0.803. The van der Waals surface area contributed by atoms with E-state index in [4.69, 9.17) is 0 Å². The fourth-order valence-electron chi connectivity index (χ4n) is 2.88. The molecule has 4 nitrogen and oxygen atoms in total. The molecule has 0 aliphatic heterocycles. The van der Waals surface area contributed by atoms with E-state index in [-0.39, 0.29) is 17.5 Å². The Hall–Kier alpha value is -0.430. The number of nitrogens with one attached hydrogen (secondary N) is 1. The largest absolute Gasteiger partial charge is 0.391 e. The van der Waals surface area contributed by atoms with E-state index in [1.165, 1.54) is 24.2 Å². The van der Waals surface area contributed by atoms with Crippen LogP contribution in [0.5, 0.6) is 0 Å². The Balaban J connectivity index is 2.24. The molecule has 1 saturated carbocycles. The molecular formula is C14H23NO3S2. The van der Waals surface area contributed by atoms with Crippen molar-refractivity contribution < 1.29 is 13.5 Å². The summed E-state index contributed by atoms with van der Waals surface area (Å²) >= 11 is 1.30. The first-order chi connectivity index (χ1) is 9.45. The Bertz CT molecular complexity index is 551. The number of hydrogen-bond donors (Lipinski definition) is 2. The number of thiophene rings is 1. The predicted octanol–water partition coefficient (Wildman–Crippen LogP) is 2.80. The third kappa shape index (κ3) is 3.42. The molecule has 0 aromatic carbocycles. The van der Waals surface area contributed by atoms with Crippen LogP contribution in [-0.2, 0) is 16.6 Å². The van der Waals surface area contributed by atoms with Gasteiger partial charge in [0.05, 0.1) is 11.5 Å². The summed E-state index contributed by atoms with van der Waals surface area (Å²) in [5.41, 5.74) is 0.716. The molecule has 1 aliphatic rings. The highest BCUT2D eigenvalue weighted by Gasteiger charge is 2.29. The van der Waals surface area contributed by atoms with E-state index >= 15 is 0 Å². The van der Waals surface area contributed by atoms with Gasteiger partial charge < -0.3 is 5.11 Å². The molecule has 0 bridgehead atoms. The highest BCUT2D eigenvalue weighted by Crippen LogP contribution is 2.29. The average molecular weight is 317 g/mol. The highest BCUT2D eigenvalue weighted by molar-refractivity contribution is 7.89. The van der Waals surface area contributed by atoms with Crippen molar-refractivity contribution in [3.8, 4) is 0 Å². The highest BCUT2D eigenvalue weighted by atomic mass is 32.2. The Labute approximate surface area is 125 Å². The Kier molecular flexibility index (Phi) is 5.23. The minimum atomic E-state index is -3.54. The molecule has 0 amide bonds. The van der Waals surface area contributed by atoms with Crippen molar-refractivity contribution in [2.75, 3.05) is 0 Å². The molecule has 1 heterocycles. The van der Waals surface area contributed by atoms with Crippen LogP contribution in [0, 0.1) is 12.8 Å². The van der Waals surface area contributed by atoms with E-state index in [1.807, 2.05) is 0 Å². The molecular weight excluding hydrogens is 294 g/mol. The molecule has 1 aromatic heterocycles. The summed E-state index contributed by atoms with van der Waals surface area (Å²) in [5.74, 6) is 0.365. The normalized spacial score (nSPS) is 24.6. The second-order valence-corrected chi connectivity index (χ2v) is 8.29. The maximum absolute atomic E-state index is 12.6. The third-order valence-electron chi connectivity index (χ3n) is 4.07. The summed E-state index contributed by atoms with van der Waals surface area (Å²) in [6.45, 7) is 3.67. The molecule has 2 N–H and O–H groups in total. The van der Waals surface area contributed by atoms with Crippen molar-refractivity contribution in [2.45, 2.75) is 63.5 Å². The summed E-state index contributed by atoms with van der Waals surface area (Å²) < 4.78 is 28.1. The van der Waals surface area contributed by atoms with Crippen molar-refractivity contribution in [2.24, 2.45) is 5.92 Å². The van der Waals surface area contributed by atoms with Gasteiger partial charge in [-0.15, -0.1) is 11.3 Å². The molecule has 2 rings (SSSR count). The average Bonchev–Trinajstić information content (AvgIpc) is 2.67. The maximum Gasteiger partial charge on any atom is 0.242 e. The molecule has 2 atom stereocenters. The van der Waals surface area contributed by atoms with Gasteiger partial charge >= 0.3 is 0 Å². The monoisotopic (exact) mass is 317 g/mol. The van der Waals surface area contributed by atoms with Gasteiger partial charge in [-0.1, -0.05) is 26.2 Å². The third-order valence-corrected chi connectivity index (χ3v) is 7.01. The quantitative estimate of drug-likeness (QED) is 0.839. The van der Waals surface area contributed by atoms with Gasteiger partial charge in [0.15, 0.2) is 0 Å². The summed E-state index contributed by atoms with van der Waals surface area (Å²) in [7, 11) is -3.54. The van der Waals surface area contributed by atoms with E-state index in [9.17, 15) is 13.5 Å². The number of aliphatic hydroxyl groups excluding tert-OH is 1. The zero-order chi connectivity index (χ0) is 14.8. The molecule has 2 unspecified atom stereocenters. The molecule has 1 aliphatic carbocycles. The van der Waals surface area contributed by atoms with Crippen LogP contribution in [0.3, 0.4) is 0 Å². The number of sulfonamides is 1. The second kappa shape index (κ2) is 6.56. The lowest BCUT2D eigenvalue weighted by atomic mass is 9.98. The summed E-state index contributed by atoms with van der Waals surface area (Å²) in [5, 5.41) is 11.1. The molecule has 1 fully saturated rings. The van der Waals surface area contributed by atoms with Gasteiger partial charge in [0.1, 0.15) is 4.90 Å². The minimum Gasteiger partial charge on any atom is -0.391 e. The number of hydrogen-bond acceptors (Lipinski definition) is 4. The van der Waals surface area contributed by atoms with Crippen LogP contribution in [0.1, 0.15) is 49.5 Å². The van der Waals surface area contributed by atoms with Gasteiger partial charge in [-0.2, -0.15) is 0 Å². The van der Waals surface area contributed by atoms with E-state index in [0.717, 1.165) is 19.3 Å². The Morgan fingerprint density at radius 1 is 1.35 bits per heavy atom. The van der Waals surface area contributed by atoms with Gasteiger partial charge in [0.2, 0.25) is 10.0 Å². The lowest BCUT2D eigenvalue weighted by Crippen LogP contribution is -2.39. The van der Waals surface area contributed by atoms with Crippen LogP contribution in [0.25, 0.3) is 0 Å². The zero-order valence-electron chi connectivity index (χ0n) is 12.1. The molecule has 6 heteroatoms. The second-order valence-electron chi connectivity index (χ2n) is 5.67. The minimum absolute atomic E-state index is 0.00772. The Morgan fingerprint density at radius 2 is 2.05 bits per heavy atom. The Morgan fingerprint density at radius 3 is 2.75 bits per heavy atom. The van der Waals surface area contributed by atoms with Gasteiger partial charge in [-0.25, -0.2) is 13.1 Å². The summed E-state index contributed by atoms with van der Waals surface area (Å²) in [6, 6.07) is 0.00772. The van der Waals surface area contributed by atoms with Crippen molar-refractivity contribution in [1.29, 1.82) is 0 Å². The molecule has 0 saturated heterocycles. The van der Waals surface area contributed by atoms with Crippen molar-refractivity contribution in [3.63, 3.8) is 0 Å². The first-order valence-electron chi connectivity index (χ1n) is 7.16. The lowest BCUT2D eigenvalue weighted by molar-refractivity contribution is 0.282. The SMILES string of the molecule is Cc1csc(CO)c1S(=O)(=O)NC1CCCCCC1C. The topological polar surface area (TPSA) is 66.4 Å². The standard InChI is InChI=1S/C14H23NO3S2/c1-10-6-4-3-5-7-12(10)15-20(17,18)14-11(2)9-19-13(14)8-16/h9-10,12,15-16H,3-8H2,1-2H3. The molecule has 0 radical (unpaired) electrons.